The number of aliphatic carboxylic acids is 1. The summed E-state index contributed by atoms with van der Waals surface area (Å²) in [5, 5.41) is 8.84. The minimum absolute atomic E-state index is 0.153. The fourth-order valence-corrected chi connectivity index (χ4v) is 2.06. The zero-order valence-corrected chi connectivity index (χ0v) is 13.3. The van der Waals surface area contributed by atoms with Crippen molar-refractivity contribution in [1.82, 2.24) is 4.90 Å². The molecular weight excluding hydrogens is 326 g/mol. The first-order valence-electron chi connectivity index (χ1n) is 6.21. The smallest absolute Gasteiger partial charge is 0.308 e. The molecule has 1 N–H and O–H groups in total. The molecule has 0 bridgehead atoms. The first kappa shape index (κ1) is 16.5. The maximum Gasteiger partial charge on any atom is 0.308 e. The molecule has 1 aromatic carbocycles. The van der Waals surface area contributed by atoms with Crippen molar-refractivity contribution >= 4 is 27.8 Å². The Hall–Kier alpha value is -1.56. The molecule has 1 rings (SSSR count). The highest BCUT2D eigenvalue weighted by Crippen LogP contribution is 2.19. The van der Waals surface area contributed by atoms with Gasteiger partial charge in [-0.2, -0.15) is 0 Å². The lowest BCUT2D eigenvalue weighted by Gasteiger charge is -2.23. The molecule has 0 saturated heterocycles. The molecule has 0 aliphatic rings. The number of halogens is 1. The molecule has 2 unspecified atom stereocenters. The topological polar surface area (TPSA) is 66.8 Å². The molecule has 110 valence electrons. The summed E-state index contributed by atoms with van der Waals surface area (Å²) in [7, 11) is 1.57. The van der Waals surface area contributed by atoms with Crippen LogP contribution in [0.1, 0.15) is 13.8 Å². The third-order valence-corrected chi connectivity index (χ3v) is 3.30. The predicted molar refractivity (Wildman–Crippen MR) is 78.7 cm³/mol. The number of carboxylic acid groups (broad SMARTS) is 1. The molecule has 0 aliphatic carbocycles. The van der Waals surface area contributed by atoms with E-state index in [-0.39, 0.29) is 12.5 Å². The second kappa shape index (κ2) is 7.28. The summed E-state index contributed by atoms with van der Waals surface area (Å²) < 4.78 is 6.41. The minimum Gasteiger partial charge on any atom is -0.481 e. The molecular formula is C14H18BrNO4. The summed E-state index contributed by atoms with van der Waals surface area (Å²) in [6, 6.07) is 7.20. The van der Waals surface area contributed by atoms with E-state index in [4.69, 9.17) is 9.84 Å². The Kier molecular flexibility index (Phi) is 6.01. The van der Waals surface area contributed by atoms with Gasteiger partial charge in [0.15, 0.2) is 6.10 Å². The van der Waals surface area contributed by atoms with Crippen LogP contribution in [0.25, 0.3) is 0 Å². The number of hydrogen-bond donors (Lipinski definition) is 1. The number of amides is 1. The fourth-order valence-electron chi connectivity index (χ4n) is 1.68. The Balaban J connectivity index is 2.60. The lowest BCUT2D eigenvalue weighted by atomic mass is 10.1. The molecule has 0 radical (unpaired) electrons. The third-order valence-electron chi connectivity index (χ3n) is 2.80. The Bertz CT molecular complexity index is 492. The van der Waals surface area contributed by atoms with Crippen molar-refractivity contribution < 1.29 is 19.4 Å². The van der Waals surface area contributed by atoms with Crippen molar-refractivity contribution in [2.75, 3.05) is 13.6 Å². The Morgan fingerprint density at radius 2 is 2.05 bits per heavy atom. The van der Waals surface area contributed by atoms with Gasteiger partial charge in [0.2, 0.25) is 0 Å². The molecule has 0 fully saturated rings. The summed E-state index contributed by atoms with van der Waals surface area (Å²) in [6.45, 7) is 3.36. The van der Waals surface area contributed by atoms with E-state index in [9.17, 15) is 9.59 Å². The van der Waals surface area contributed by atoms with Crippen LogP contribution < -0.4 is 4.74 Å². The van der Waals surface area contributed by atoms with Gasteiger partial charge in [0.1, 0.15) is 5.75 Å². The number of carbonyl (C=O) groups is 2. The normalized spacial score (nSPS) is 13.4. The van der Waals surface area contributed by atoms with Crippen LogP contribution in [0, 0.1) is 5.92 Å². The van der Waals surface area contributed by atoms with Gasteiger partial charge in [-0.15, -0.1) is 0 Å². The number of nitrogens with zero attached hydrogens (tertiary/aromatic N) is 1. The van der Waals surface area contributed by atoms with Crippen LogP contribution in [0.2, 0.25) is 0 Å². The van der Waals surface area contributed by atoms with Gasteiger partial charge in [-0.25, -0.2) is 0 Å². The van der Waals surface area contributed by atoms with Crippen molar-refractivity contribution in [3.05, 3.63) is 28.7 Å². The molecule has 0 aliphatic heterocycles. The van der Waals surface area contributed by atoms with Crippen LogP contribution >= 0.6 is 15.9 Å². The first-order valence-corrected chi connectivity index (χ1v) is 7.00. The van der Waals surface area contributed by atoms with Gasteiger partial charge in [0.25, 0.3) is 5.91 Å². The lowest BCUT2D eigenvalue weighted by molar-refractivity contribution is -0.144. The number of ether oxygens (including phenoxy) is 1. The van der Waals surface area contributed by atoms with Crippen LogP contribution in [0.15, 0.2) is 28.7 Å². The van der Waals surface area contributed by atoms with Crippen LogP contribution in [0.4, 0.5) is 0 Å². The van der Waals surface area contributed by atoms with Gasteiger partial charge in [-0.05, 0) is 25.1 Å². The maximum atomic E-state index is 12.1. The molecule has 1 amide bonds. The highest BCUT2D eigenvalue weighted by atomic mass is 79.9. The number of carboxylic acids is 1. The fraction of sp³-hybridized carbons (Fsp3) is 0.429. The maximum absolute atomic E-state index is 12.1. The predicted octanol–water partition coefficient (Wildman–Crippen LogP) is 2.40. The van der Waals surface area contributed by atoms with E-state index in [0.717, 1.165) is 4.47 Å². The van der Waals surface area contributed by atoms with E-state index in [1.165, 1.54) is 4.90 Å². The molecule has 6 heteroatoms. The Morgan fingerprint density at radius 3 is 2.60 bits per heavy atom. The van der Waals surface area contributed by atoms with Gasteiger partial charge in [-0.1, -0.05) is 28.9 Å². The van der Waals surface area contributed by atoms with Crippen molar-refractivity contribution in [3.8, 4) is 5.75 Å². The average molecular weight is 344 g/mol. The Labute approximate surface area is 126 Å². The zero-order valence-electron chi connectivity index (χ0n) is 11.7. The molecule has 0 spiro atoms. The average Bonchev–Trinajstić information content (AvgIpc) is 2.37. The lowest BCUT2D eigenvalue weighted by Crippen LogP contribution is -2.41. The van der Waals surface area contributed by atoms with E-state index in [1.54, 1.807) is 33.0 Å². The largest absolute Gasteiger partial charge is 0.481 e. The van der Waals surface area contributed by atoms with Crippen LogP contribution in [-0.4, -0.2) is 41.6 Å². The molecule has 0 saturated carbocycles. The number of likely N-dealkylation sites (N-methyl/N-ethyl adjacent to an activating group) is 1. The zero-order chi connectivity index (χ0) is 15.3. The van der Waals surface area contributed by atoms with Gasteiger partial charge < -0.3 is 14.7 Å². The second-order valence-corrected chi connectivity index (χ2v) is 5.59. The van der Waals surface area contributed by atoms with Crippen LogP contribution in [0.5, 0.6) is 5.75 Å². The molecule has 0 aromatic heterocycles. The number of hydrogen-bond acceptors (Lipinski definition) is 3. The molecule has 0 heterocycles. The van der Waals surface area contributed by atoms with Gasteiger partial charge in [0.05, 0.1) is 5.92 Å². The van der Waals surface area contributed by atoms with Gasteiger partial charge in [0, 0.05) is 18.1 Å². The van der Waals surface area contributed by atoms with E-state index in [2.05, 4.69) is 15.9 Å². The quantitative estimate of drug-likeness (QED) is 0.861. The summed E-state index contributed by atoms with van der Waals surface area (Å²) >= 11 is 3.33. The third kappa shape index (κ3) is 4.85. The molecule has 20 heavy (non-hydrogen) atoms. The molecule has 5 nitrogen and oxygen atoms in total. The summed E-state index contributed by atoms with van der Waals surface area (Å²) in [6.07, 6.45) is -0.671. The highest BCUT2D eigenvalue weighted by Gasteiger charge is 2.22. The highest BCUT2D eigenvalue weighted by molar-refractivity contribution is 9.10. The first-order chi connectivity index (χ1) is 9.31. The van der Waals surface area contributed by atoms with Gasteiger partial charge >= 0.3 is 5.97 Å². The number of rotatable bonds is 6. The molecule has 1 aromatic rings. The minimum atomic E-state index is -0.926. The summed E-state index contributed by atoms with van der Waals surface area (Å²) in [4.78, 5) is 24.2. The van der Waals surface area contributed by atoms with Crippen molar-refractivity contribution in [3.63, 3.8) is 0 Å². The van der Waals surface area contributed by atoms with Crippen molar-refractivity contribution in [1.29, 1.82) is 0 Å². The van der Waals surface area contributed by atoms with E-state index < -0.39 is 18.0 Å². The van der Waals surface area contributed by atoms with Crippen molar-refractivity contribution in [2.45, 2.75) is 20.0 Å². The van der Waals surface area contributed by atoms with Gasteiger partial charge in [-0.3, -0.25) is 9.59 Å². The number of benzene rings is 1. The van der Waals surface area contributed by atoms with E-state index >= 15 is 0 Å². The monoisotopic (exact) mass is 343 g/mol. The molecule has 2 atom stereocenters. The SMILES string of the molecule is CC(CN(C)C(=O)C(C)Oc1cccc(Br)c1)C(=O)O. The van der Waals surface area contributed by atoms with Crippen LogP contribution in [-0.2, 0) is 9.59 Å². The van der Waals surface area contributed by atoms with E-state index in [0.29, 0.717) is 5.75 Å². The Morgan fingerprint density at radius 1 is 1.40 bits per heavy atom. The second-order valence-electron chi connectivity index (χ2n) is 4.68. The summed E-state index contributed by atoms with van der Waals surface area (Å²) in [5.74, 6) is -1.20. The standard InChI is InChI=1S/C14H18BrNO4/c1-9(14(18)19)8-16(3)13(17)10(2)20-12-6-4-5-11(15)7-12/h4-7,9-10H,8H2,1-3H3,(H,18,19). The van der Waals surface area contributed by atoms with Crippen molar-refractivity contribution in [2.24, 2.45) is 5.92 Å². The van der Waals surface area contributed by atoms with E-state index in [1.807, 2.05) is 12.1 Å². The van der Waals surface area contributed by atoms with Crippen LogP contribution in [0.3, 0.4) is 0 Å². The summed E-state index contributed by atoms with van der Waals surface area (Å²) in [5.41, 5.74) is 0. The number of carbonyl (C=O) groups excluding carboxylic acids is 1.